The lowest BCUT2D eigenvalue weighted by Gasteiger charge is -2.11. The van der Waals surface area contributed by atoms with Crippen molar-refractivity contribution in [3.05, 3.63) is 58.1 Å². The van der Waals surface area contributed by atoms with E-state index >= 15 is 0 Å². The molecule has 0 bridgehead atoms. The molecule has 2 aromatic rings. The fraction of sp³-hybridized carbons (Fsp3) is 0.300. The zero-order valence-electron chi connectivity index (χ0n) is 15.0. The quantitative estimate of drug-likeness (QED) is 0.675. The Labute approximate surface area is 162 Å². The van der Waals surface area contributed by atoms with E-state index in [1.54, 1.807) is 31.4 Å². The third kappa shape index (κ3) is 5.59. The molecule has 2 rings (SSSR count). The minimum atomic E-state index is -0.179. The fourth-order valence-corrected chi connectivity index (χ4v) is 3.05. The number of nitrogens with one attached hydrogen (secondary N) is 2. The third-order valence-corrected chi connectivity index (χ3v) is 4.46. The van der Waals surface area contributed by atoms with Crippen molar-refractivity contribution in [3.8, 4) is 5.75 Å². The van der Waals surface area contributed by atoms with E-state index in [2.05, 4.69) is 26.6 Å². The van der Waals surface area contributed by atoms with Gasteiger partial charge in [-0.2, -0.15) is 0 Å². The van der Waals surface area contributed by atoms with Gasteiger partial charge in [-0.15, -0.1) is 0 Å². The van der Waals surface area contributed by atoms with E-state index in [0.717, 1.165) is 22.2 Å². The van der Waals surface area contributed by atoms with Crippen LogP contribution in [-0.2, 0) is 11.2 Å². The first-order chi connectivity index (χ1) is 12.5. The first-order valence-electron chi connectivity index (χ1n) is 8.54. The molecule has 2 aromatic carbocycles. The molecule has 0 saturated heterocycles. The van der Waals surface area contributed by atoms with Gasteiger partial charge in [-0.3, -0.25) is 9.59 Å². The number of para-hydroxylation sites is 1. The van der Waals surface area contributed by atoms with Crippen LogP contribution in [-0.4, -0.2) is 25.5 Å². The number of aryl methyl sites for hydroxylation is 1. The zero-order chi connectivity index (χ0) is 18.9. The topological polar surface area (TPSA) is 67.4 Å². The summed E-state index contributed by atoms with van der Waals surface area (Å²) >= 11 is 3.44. The van der Waals surface area contributed by atoms with Crippen LogP contribution >= 0.6 is 15.9 Å². The number of carbonyl (C=O) groups is 2. The van der Waals surface area contributed by atoms with Gasteiger partial charge in [-0.25, -0.2) is 0 Å². The van der Waals surface area contributed by atoms with Gasteiger partial charge in [0.05, 0.1) is 22.8 Å². The van der Waals surface area contributed by atoms with Crippen LogP contribution in [0.15, 0.2) is 46.9 Å². The molecule has 0 atom stereocenters. The molecule has 0 aliphatic rings. The van der Waals surface area contributed by atoms with E-state index in [-0.39, 0.29) is 11.8 Å². The summed E-state index contributed by atoms with van der Waals surface area (Å²) in [4.78, 5) is 24.5. The van der Waals surface area contributed by atoms with Gasteiger partial charge in [0.1, 0.15) is 5.75 Å². The van der Waals surface area contributed by atoms with Crippen molar-refractivity contribution in [1.82, 2.24) is 5.32 Å². The number of hydrogen-bond donors (Lipinski definition) is 2. The van der Waals surface area contributed by atoms with E-state index < -0.39 is 0 Å². The SMILES string of the molecule is CCCNC(=O)c1ccccc1NC(=O)CCc1ccc(OC)c(Br)c1. The highest BCUT2D eigenvalue weighted by Crippen LogP contribution is 2.26. The summed E-state index contributed by atoms with van der Waals surface area (Å²) in [6.45, 7) is 2.60. The smallest absolute Gasteiger partial charge is 0.253 e. The largest absolute Gasteiger partial charge is 0.496 e. The molecule has 0 heterocycles. The third-order valence-electron chi connectivity index (χ3n) is 3.84. The van der Waals surface area contributed by atoms with Gasteiger partial charge < -0.3 is 15.4 Å². The molecule has 0 radical (unpaired) electrons. The van der Waals surface area contributed by atoms with Crippen LogP contribution < -0.4 is 15.4 Å². The van der Waals surface area contributed by atoms with Gasteiger partial charge in [0.15, 0.2) is 0 Å². The average molecular weight is 419 g/mol. The lowest BCUT2D eigenvalue weighted by molar-refractivity contribution is -0.116. The Morgan fingerprint density at radius 1 is 1.15 bits per heavy atom. The van der Waals surface area contributed by atoms with Crippen LogP contribution in [0.25, 0.3) is 0 Å². The number of amides is 2. The van der Waals surface area contributed by atoms with Crippen LogP contribution in [0.2, 0.25) is 0 Å². The van der Waals surface area contributed by atoms with Crippen molar-refractivity contribution in [1.29, 1.82) is 0 Å². The summed E-state index contributed by atoms with van der Waals surface area (Å²) < 4.78 is 6.06. The van der Waals surface area contributed by atoms with Gasteiger partial charge >= 0.3 is 0 Å². The maximum Gasteiger partial charge on any atom is 0.253 e. The maximum absolute atomic E-state index is 12.3. The number of hydrogen-bond acceptors (Lipinski definition) is 3. The first kappa shape index (κ1) is 20.0. The number of carbonyl (C=O) groups excluding carboxylic acids is 2. The minimum absolute atomic E-state index is 0.132. The van der Waals surface area contributed by atoms with Crippen LogP contribution in [0.3, 0.4) is 0 Å². The van der Waals surface area contributed by atoms with Gasteiger partial charge in [0.2, 0.25) is 5.91 Å². The molecular formula is C20H23BrN2O3. The second-order valence-electron chi connectivity index (χ2n) is 5.82. The summed E-state index contributed by atoms with van der Waals surface area (Å²) in [6.07, 6.45) is 1.78. The van der Waals surface area contributed by atoms with Gasteiger partial charge in [-0.1, -0.05) is 25.1 Å². The molecule has 6 heteroatoms. The van der Waals surface area contributed by atoms with Crippen molar-refractivity contribution in [2.24, 2.45) is 0 Å². The lowest BCUT2D eigenvalue weighted by atomic mass is 10.1. The minimum Gasteiger partial charge on any atom is -0.496 e. The zero-order valence-corrected chi connectivity index (χ0v) is 16.6. The molecule has 26 heavy (non-hydrogen) atoms. The molecule has 0 fully saturated rings. The number of ether oxygens (including phenoxy) is 1. The molecule has 0 aromatic heterocycles. The van der Waals surface area contributed by atoms with Gasteiger partial charge in [0.25, 0.3) is 5.91 Å². The maximum atomic E-state index is 12.3. The summed E-state index contributed by atoms with van der Waals surface area (Å²) in [6, 6.07) is 12.8. The highest BCUT2D eigenvalue weighted by atomic mass is 79.9. The normalized spacial score (nSPS) is 10.3. The van der Waals surface area contributed by atoms with Crippen molar-refractivity contribution in [2.75, 3.05) is 19.0 Å². The van der Waals surface area contributed by atoms with E-state index in [9.17, 15) is 9.59 Å². The van der Waals surface area contributed by atoms with Crippen LogP contribution in [0.4, 0.5) is 5.69 Å². The number of benzene rings is 2. The number of methoxy groups -OCH3 is 1. The van der Waals surface area contributed by atoms with E-state index in [1.165, 1.54) is 0 Å². The predicted octanol–water partition coefficient (Wildman–Crippen LogP) is 4.17. The van der Waals surface area contributed by atoms with Gasteiger partial charge in [0, 0.05) is 13.0 Å². The van der Waals surface area contributed by atoms with E-state index in [4.69, 9.17) is 4.74 Å². The molecular weight excluding hydrogens is 396 g/mol. The van der Waals surface area contributed by atoms with Crippen molar-refractivity contribution in [2.45, 2.75) is 26.2 Å². The Hall–Kier alpha value is -2.34. The summed E-state index contributed by atoms with van der Waals surface area (Å²) in [5, 5.41) is 5.67. The van der Waals surface area contributed by atoms with Gasteiger partial charge in [-0.05, 0) is 58.6 Å². The van der Waals surface area contributed by atoms with Crippen molar-refractivity contribution in [3.63, 3.8) is 0 Å². The summed E-state index contributed by atoms with van der Waals surface area (Å²) in [5.74, 6) is 0.444. The molecule has 5 nitrogen and oxygen atoms in total. The van der Waals surface area contributed by atoms with Crippen LogP contribution in [0, 0.1) is 0 Å². The standard InChI is InChI=1S/C20H23BrN2O3/c1-3-12-22-20(25)15-6-4-5-7-17(15)23-19(24)11-9-14-8-10-18(26-2)16(21)13-14/h4-8,10,13H,3,9,11-12H2,1-2H3,(H,22,25)(H,23,24). The van der Waals surface area contributed by atoms with Crippen molar-refractivity contribution >= 4 is 33.4 Å². The molecule has 138 valence electrons. The van der Waals surface area contributed by atoms with E-state index in [0.29, 0.717) is 30.6 Å². The number of anilines is 1. The Morgan fingerprint density at radius 2 is 1.92 bits per heavy atom. The first-order valence-corrected chi connectivity index (χ1v) is 9.34. The molecule has 0 aliphatic carbocycles. The Balaban J connectivity index is 1.98. The summed E-state index contributed by atoms with van der Waals surface area (Å²) in [5.41, 5.74) is 2.03. The lowest BCUT2D eigenvalue weighted by Crippen LogP contribution is -2.25. The molecule has 0 unspecified atom stereocenters. The molecule has 2 N–H and O–H groups in total. The Bertz CT molecular complexity index is 777. The highest BCUT2D eigenvalue weighted by molar-refractivity contribution is 9.10. The highest BCUT2D eigenvalue weighted by Gasteiger charge is 2.12. The predicted molar refractivity (Wildman–Crippen MR) is 107 cm³/mol. The number of rotatable bonds is 8. The fourth-order valence-electron chi connectivity index (χ4n) is 2.46. The molecule has 0 saturated carbocycles. The van der Waals surface area contributed by atoms with Crippen LogP contribution in [0.5, 0.6) is 5.75 Å². The molecule has 0 aliphatic heterocycles. The average Bonchev–Trinajstić information content (AvgIpc) is 2.65. The summed E-state index contributed by atoms with van der Waals surface area (Å²) in [7, 11) is 1.61. The molecule has 2 amide bonds. The van der Waals surface area contributed by atoms with E-state index in [1.807, 2.05) is 25.1 Å². The monoisotopic (exact) mass is 418 g/mol. The second-order valence-corrected chi connectivity index (χ2v) is 6.67. The van der Waals surface area contributed by atoms with Crippen molar-refractivity contribution < 1.29 is 14.3 Å². The number of halogens is 1. The van der Waals surface area contributed by atoms with Crippen LogP contribution in [0.1, 0.15) is 35.7 Å². The Morgan fingerprint density at radius 3 is 2.62 bits per heavy atom. The Kier molecular flexibility index (Phi) is 7.66. The molecule has 0 spiro atoms. The second kappa shape index (κ2) is 9.97.